The Morgan fingerprint density at radius 2 is 2.00 bits per heavy atom. The van der Waals surface area contributed by atoms with Crippen molar-refractivity contribution >= 4 is 22.7 Å². The molecule has 86 valence electrons. The summed E-state index contributed by atoms with van der Waals surface area (Å²) in [6, 6.07) is 8.98. The summed E-state index contributed by atoms with van der Waals surface area (Å²) >= 11 is 2.00. The van der Waals surface area contributed by atoms with Gasteiger partial charge in [-0.05, 0) is 30.4 Å². The Kier molecular flexibility index (Phi) is 3.29. The number of fused-ring (bicyclic) bond motifs is 1. The third-order valence-electron chi connectivity index (χ3n) is 2.86. The van der Waals surface area contributed by atoms with Crippen LogP contribution in [0.25, 0.3) is 10.9 Å². The van der Waals surface area contributed by atoms with Crippen LogP contribution in [-0.4, -0.2) is 9.82 Å². The zero-order valence-corrected chi connectivity index (χ0v) is 11.3. The van der Waals surface area contributed by atoms with Gasteiger partial charge in [0.2, 0.25) is 0 Å². The summed E-state index contributed by atoms with van der Waals surface area (Å²) in [5.41, 5.74) is 4.09. The van der Waals surface area contributed by atoms with Crippen molar-refractivity contribution in [3.63, 3.8) is 0 Å². The van der Waals surface area contributed by atoms with Gasteiger partial charge in [0.25, 0.3) is 0 Å². The first-order valence-electron chi connectivity index (χ1n) is 5.74. The number of aryl methyl sites for hydroxylation is 2. The molecule has 1 aromatic carbocycles. The topological polar surface area (TPSA) is 4.93 Å². The van der Waals surface area contributed by atoms with Crippen molar-refractivity contribution in [3.05, 3.63) is 35.5 Å². The van der Waals surface area contributed by atoms with Gasteiger partial charge in [-0.25, -0.2) is 0 Å². The lowest BCUT2D eigenvalue weighted by atomic mass is 10.2. The summed E-state index contributed by atoms with van der Waals surface area (Å²) < 4.78 is 2.31. The fraction of sp³-hybridized carbons (Fsp3) is 0.429. The van der Waals surface area contributed by atoms with E-state index >= 15 is 0 Å². The molecular formula is C14H19NS. The first kappa shape index (κ1) is 11.6. The molecule has 0 atom stereocenters. The SMILES string of the molecule is Cc1ccc2c(c1)cc(CSC(C)C)n2C. The van der Waals surface area contributed by atoms with Crippen molar-refractivity contribution in [2.24, 2.45) is 7.05 Å². The molecular weight excluding hydrogens is 214 g/mol. The minimum absolute atomic E-state index is 0.694. The summed E-state index contributed by atoms with van der Waals surface area (Å²) in [5, 5.41) is 2.06. The first-order chi connectivity index (χ1) is 7.58. The quantitative estimate of drug-likeness (QED) is 0.771. The largest absolute Gasteiger partial charge is 0.347 e. The molecule has 0 amide bonds. The van der Waals surface area contributed by atoms with Crippen molar-refractivity contribution < 1.29 is 0 Å². The fourth-order valence-electron chi connectivity index (χ4n) is 1.92. The van der Waals surface area contributed by atoms with Gasteiger partial charge in [0.05, 0.1) is 0 Å². The summed E-state index contributed by atoms with van der Waals surface area (Å²) in [6.45, 7) is 6.64. The van der Waals surface area contributed by atoms with E-state index in [1.165, 1.54) is 22.2 Å². The lowest BCUT2D eigenvalue weighted by Gasteiger charge is -2.06. The van der Waals surface area contributed by atoms with E-state index in [0.29, 0.717) is 5.25 Å². The van der Waals surface area contributed by atoms with Crippen LogP contribution in [0.15, 0.2) is 24.3 Å². The van der Waals surface area contributed by atoms with Gasteiger partial charge in [0.15, 0.2) is 0 Å². The van der Waals surface area contributed by atoms with Crippen LogP contribution in [-0.2, 0) is 12.8 Å². The van der Waals surface area contributed by atoms with Crippen LogP contribution < -0.4 is 0 Å². The van der Waals surface area contributed by atoms with Gasteiger partial charge in [-0.2, -0.15) is 11.8 Å². The van der Waals surface area contributed by atoms with Crippen LogP contribution in [0, 0.1) is 6.92 Å². The highest BCUT2D eigenvalue weighted by Gasteiger charge is 2.06. The van der Waals surface area contributed by atoms with Crippen LogP contribution in [0.4, 0.5) is 0 Å². The van der Waals surface area contributed by atoms with E-state index in [4.69, 9.17) is 0 Å². The van der Waals surface area contributed by atoms with Gasteiger partial charge in [-0.15, -0.1) is 0 Å². The zero-order valence-electron chi connectivity index (χ0n) is 10.4. The smallest absolute Gasteiger partial charge is 0.0480 e. The number of hydrogen-bond acceptors (Lipinski definition) is 1. The van der Waals surface area contributed by atoms with Gasteiger partial charge in [-0.3, -0.25) is 0 Å². The van der Waals surface area contributed by atoms with Crippen LogP contribution in [0.5, 0.6) is 0 Å². The number of nitrogens with zero attached hydrogens (tertiary/aromatic N) is 1. The van der Waals surface area contributed by atoms with E-state index in [1.807, 2.05) is 11.8 Å². The minimum Gasteiger partial charge on any atom is -0.347 e. The molecule has 2 rings (SSSR count). The molecule has 1 nitrogen and oxygen atoms in total. The van der Waals surface area contributed by atoms with Gasteiger partial charge < -0.3 is 4.57 Å². The van der Waals surface area contributed by atoms with Crippen LogP contribution in [0.2, 0.25) is 0 Å². The molecule has 1 aromatic heterocycles. The van der Waals surface area contributed by atoms with Gasteiger partial charge in [-0.1, -0.05) is 25.5 Å². The molecule has 0 aliphatic rings. The molecule has 0 fully saturated rings. The van der Waals surface area contributed by atoms with Crippen molar-refractivity contribution in [2.45, 2.75) is 31.8 Å². The molecule has 1 heterocycles. The highest BCUT2D eigenvalue weighted by Crippen LogP contribution is 2.24. The summed E-state index contributed by atoms with van der Waals surface area (Å²) in [5.74, 6) is 1.10. The Hall–Kier alpha value is -0.890. The third-order valence-corrected chi connectivity index (χ3v) is 3.99. The molecule has 0 bridgehead atoms. The second kappa shape index (κ2) is 4.54. The number of hydrogen-bond donors (Lipinski definition) is 0. The fourth-order valence-corrected chi connectivity index (χ4v) is 2.70. The van der Waals surface area contributed by atoms with E-state index in [0.717, 1.165) is 5.75 Å². The summed E-state index contributed by atoms with van der Waals surface area (Å²) in [4.78, 5) is 0. The molecule has 0 aliphatic heterocycles. The van der Waals surface area contributed by atoms with Gasteiger partial charge in [0, 0.05) is 29.4 Å². The highest BCUT2D eigenvalue weighted by atomic mass is 32.2. The van der Waals surface area contributed by atoms with Crippen molar-refractivity contribution in [1.82, 2.24) is 4.57 Å². The molecule has 16 heavy (non-hydrogen) atoms. The number of thioether (sulfide) groups is 1. The lowest BCUT2D eigenvalue weighted by molar-refractivity contribution is 0.907. The predicted octanol–water partition coefficient (Wildman–Crippen LogP) is 4.13. The van der Waals surface area contributed by atoms with E-state index in [1.54, 1.807) is 0 Å². The molecule has 2 aromatic rings. The van der Waals surface area contributed by atoms with Crippen molar-refractivity contribution in [1.29, 1.82) is 0 Å². The second-order valence-electron chi connectivity index (χ2n) is 4.62. The Labute approximate surface area is 102 Å². The average Bonchev–Trinajstić information content (AvgIpc) is 2.52. The van der Waals surface area contributed by atoms with Crippen LogP contribution >= 0.6 is 11.8 Å². The van der Waals surface area contributed by atoms with Crippen molar-refractivity contribution in [2.75, 3.05) is 0 Å². The number of aromatic nitrogens is 1. The molecule has 2 heteroatoms. The third kappa shape index (κ3) is 2.27. The molecule has 0 saturated carbocycles. The van der Waals surface area contributed by atoms with E-state index in [-0.39, 0.29) is 0 Å². The molecule has 0 spiro atoms. The number of benzene rings is 1. The minimum atomic E-state index is 0.694. The maximum Gasteiger partial charge on any atom is 0.0480 e. The Morgan fingerprint density at radius 1 is 1.25 bits per heavy atom. The first-order valence-corrected chi connectivity index (χ1v) is 6.79. The predicted molar refractivity (Wildman–Crippen MR) is 74.1 cm³/mol. The van der Waals surface area contributed by atoms with E-state index in [9.17, 15) is 0 Å². The molecule has 0 aliphatic carbocycles. The van der Waals surface area contributed by atoms with E-state index in [2.05, 4.69) is 56.7 Å². The van der Waals surface area contributed by atoms with Gasteiger partial charge in [0.1, 0.15) is 0 Å². The zero-order chi connectivity index (χ0) is 11.7. The maximum atomic E-state index is 2.32. The monoisotopic (exact) mass is 233 g/mol. The Morgan fingerprint density at radius 3 is 2.69 bits per heavy atom. The maximum absolute atomic E-state index is 2.32. The van der Waals surface area contributed by atoms with Crippen molar-refractivity contribution in [3.8, 4) is 0 Å². The molecule has 0 saturated heterocycles. The standard InChI is InChI=1S/C14H19NS/c1-10(2)16-9-13-8-12-7-11(3)5-6-14(12)15(13)4/h5-8,10H,9H2,1-4H3. The van der Waals surface area contributed by atoms with Gasteiger partial charge >= 0.3 is 0 Å². The highest BCUT2D eigenvalue weighted by molar-refractivity contribution is 7.99. The number of rotatable bonds is 3. The molecule has 0 N–H and O–H groups in total. The summed E-state index contributed by atoms with van der Waals surface area (Å²) in [7, 11) is 2.16. The van der Waals surface area contributed by atoms with Crippen LogP contribution in [0.1, 0.15) is 25.1 Å². The lowest BCUT2D eigenvalue weighted by Crippen LogP contribution is -1.96. The van der Waals surface area contributed by atoms with Crippen LogP contribution in [0.3, 0.4) is 0 Å². The summed E-state index contributed by atoms with van der Waals surface area (Å²) in [6.07, 6.45) is 0. The second-order valence-corrected chi connectivity index (χ2v) is 6.18. The molecule has 0 unspecified atom stereocenters. The molecule has 0 radical (unpaired) electrons. The Balaban J connectivity index is 2.36. The van der Waals surface area contributed by atoms with E-state index < -0.39 is 0 Å². The average molecular weight is 233 g/mol. The Bertz CT molecular complexity index is 497. The normalized spacial score (nSPS) is 11.6.